The van der Waals surface area contributed by atoms with Gasteiger partial charge in [-0.2, -0.15) is 0 Å². The van der Waals surface area contributed by atoms with E-state index < -0.39 is 21.7 Å². The summed E-state index contributed by atoms with van der Waals surface area (Å²) in [6.07, 6.45) is 1.00. The van der Waals surface area contributed by atoms with Gasteiger partial charge in [0.1, 0.15) is 12.4 Å². The largest absolute Gasteiger partial charge is 0.348 e. The first-order valence-corrected chi connectivity index (χ1v) is 9.20. The molecule has 0 heterocycles. The van der Waals surface area contributed by atoms with E-state index in [2.05, 4.69) is 5.32 Å². The van der Waals surface area contributed by atoms with Crippen LogP contribution in [0.2, 0.25) is 0 Å². The molecule has 0 aromatic heterocycles. The van der Waals surface area contributed by atoms with E-state index in [0.29, 0.717) is 0 Å². The first-order valence-electron chi connectivity index (χ1n) is 7.35. The molecule has 0 radical (unpaired) electrons. The topological polar surface area (TPSA) is 66.5 Å². The Hall–Kier alpha value is -2.41. The number of amides is 1. The van der Waals surface area contributed by atoms with Crippen LogP contribution in [0, 0.1) is 5.82 Å². The molecule has 0 aliphatic heterocycles. The summed E-state index contributed by atoms with van der Waals surface area (Å²) in [4.78, 5) is 12.2. The number of rotatable bonds is 6. The zero-order chi connectivity index (χ0) is 17.7. The minimum Gasteiger partial charge on any atom is -0.348 e. The fraction of sp³-hybridized carbons (Fsp3) is 0.235. The Morgan fingerprint density at radius 3 is 2.25 bits per heavy atom. The molecule has 0 aliphatic rings. The number of hydrogen-bond donors (Lipinski definition) is 1. The lowest BCUT2D eigenvalue weighted by atomic mass is 10.1. The average Bonchev–Trinajstić information content (AvgIpc) is 2.53. The molecular weight excluding hydrogens is 331 g/mol. The molecule has 0 fully saturated rings. The van der Waals surface area contributed by atoms with Gasteiger partial charge in [0.15, 0.2) is 0 Å². The van der Waals surface area contributed by atoms with Gasteiger partial charge in [0, 0.05) is 0 Å². The average molecular weight is 350 g/mol. The Morgan fingerprint density at radius 1 is 1.12 bits per heavy atom. The molecule has 0 bridgehead atoms. The van der Waals surface area contributed by atoms with Crippen molar-refractivity contribution in [1.29, 1.82) is 0 Å². The molecule has 2 aromatic carbocycles. The third-order valence-electron chi connectivity index (χ3n) is 3.48. The monoisotopic (exact) mass is 350 g/mol. The maximum atomic E-state index is 13.0. The van der Waals surface area contributed by atoms with E-state index in [1.807, 2.05) is 37.3 Å². The molecule has 128 valence electrons. The highest BCUT2D eigenvalue weighted by molar-refractivity contribution is 7.92. The van der Waals surface area contributed by atoms with Gasteiger partial charge < -0.3 is 5.32 Å². The van der Waals surface area contributed by atoms with Crippen LogP contribution in [0.25, 0.3) is 0 Å². The number of hydrogen-bond acceptors (Lipinski definition) is 3. The smallest absolute Gasteiger partial charge is 0.241 e. The van der Waals surface area contributed by atoms with Crippen molar-refractivity contribution in [2.45, 2.75) is 13.0 Å². The third-order valence-corrected chi connectivity index (χ3v) is 4.62. The predicted octanol–water partition coefficient (Wildman–Crippen LogP) is 2.47. The van der Waals surface area contributed by atoms with E-state index in [1.54, 1.807) is 0 Å². The molecule has 0 saturated heterocycles. The lowest BCUT2D eigenvalue weighted by molar-refractivity contribution is -0.120. The molecule has 7 heteroatoms. The fourth-order valence-corrected chi connectivity index (χ4v) is 3.11. The van der Waals surface area contributed by atoms with E-state index in [1.165, 1.54) is 12.1 Å². The van der Waals surface area contributed by atoms with Crippen LogP contribution in [-0.4, -0.2) is 27.1 Å². The summed E-state index contributed by atoms with van der Waals surface area (Å²) >= 11 is 0. The van der Waals surface area contributed by atoms with E-state index in [-0.39, 0.29) is 18.3 Å². The summed E-state index contributed by atoms with van der Waals surface area (Å²) in [5.74, 6) is -0.921. The second-order valence-electron chi connectivity index (χ2n) is 5.45. The highest BCUT2D eigenvalue weighted by Gasteiger charge is 2.21. The van der Waals surface area contributed by atoms with E-state index in [9.17, 15) is 17.6 Å². The second kappa shape index (κ2) is 7.44. The fourth-order valence-electron chi connectivity index (χ4n) is 2.25. The van der Waals surface area contributed by atoms with Crippen molar-refractivity contribution in [1.82, 2.24) is 5.32 Å². The maximum Gasteiger partial charge on any atom is 0.241 e. The number of nitrogens with zero attached hydrogens (tertiary/aromatic N) is 1. The van der Waals surface area contributed by atoms with Gasteiger partial charge in [-0.05, 0) is 36.8 Å². The van der Waals surface area contributed by atoms with E-state index >= 15 is 0 Å². The minimum absolute atomic E-state index is 0.237. The van der Waals surface area contributed by atoms with Crippen LogP contribution in [0.1, 0.15) is 18.5 Å². The van der Waals surface area contributed by atoms with Crippen LogP contribution >= 0.6 is 0 Å². The molecule has 0 aliphatic carbocycles. The predicted molar refractivity (Wildman–Crippen MR) is 91.6 cm³/mol. The highest BCUT2D eigenvalue weighted by Crippen LogP contribution is 2.18. The van der Waals surface area contributed by atoms with Gasteiger partial charge in [-0.1, -0.05) is 30.3 Å². The molecule has 0 saturated carbocycles. The van der Waals surface area contributed by atoms with Crippen LogP contribution in [0.3, 0.4) is 0 Å². The lowest BCUT2D eigenvalue weighted by Crippen LogP contribution is -2.41. The van der Waals surface area contributed by atoms with Crippen molar-refractivity contribution >= 4 is 21.6 Å². The summed E-state index contributed by atoms with van der Waals surface area (Å²) in [7, 11) is -3.68. The Balaban J connectivity index is 2.12. The second-order valence-corrected chi connectivity index (χ2v) is 7.35. The van der Waals surface area contributed by atoms with Gasteiger partial charge in [-0.15, -0.1) is 0 Å². The van der Waals surface area contributed by atoms with Crippen molar-refractivity contribution in [2.24, 2.45) is 0 Å². The molecule has 24 heavy (non-hydrogen) atoms. The van der Waals surface area contributed by atoms with Gasteiger partial charge in [0.25, 0.3) is 0 Å². The molecule has 5 nitrogen and oxygen atoms in total. The Kier molecular flexibility index (Phi) is 5.56. The standard InChI is InChI=1S/C17H19FN2O3S/c1-13(14-6-4-3-5-7-14)19-17(21)12-20(24(2,22)23)16-10-8-15(18)9-11-16/h3-11,13H,12H2,1-2H3,(H,19,21)/t13-/m0/s1. The maximum absolute atomic E-state index is 13.0. The molecule has 2 rings (SSSR count). The molecular formula is C17H19FN2O3S. The number of nitrogens with one attached hydrogen (secondary N) is 1. The zero-order valence-electron chi connectivity index (χ0n) is 13.4. The van der Waals surface area contributed by atoms with Gasteiger partial charge in [0.05, 0.1) is 18.0 Å². The SMILES string of the molecule is C[C@H](NC(=O)CN(c1ccc(F)cc1)S(C)(=O)=O)c1ccccc1. The summed E-state index contributed by atoms with van der Waals surface area (Å²) in [6, 6.07) is 14.0. The van der Waals surface area contributed by atoms with Gasteiger partial charge in [0.2, 0.25) is 15.9 Å². The van der Waals surface area contributed by atoms with Crippen molar-refractivity contribution in [3.8, 4) is 0 Å². The van der Waals surface area contributed by atoms with Crippen molar-refractivity contribution < 1.29 is 17.6 Å². The van der Waals surface area contributed by atoms with Crippen molar-refractivity contribution in [3.63, 3.8) is 0 Å². The van der Waals surface area contributed by atoms with E-state index in [4.69, 9.17) is 0 Å². The van der Waals surface area contributed by atoms with Gasteiger partial charge in [-0.3, -0.25) is 9.10 Å². The van der Waals surface area contributed by atoms with Crippen molar-refractivity contribution in [2.75, 3.05) is 17.1 Å². The molecule has 1 atom stereocenters. The number of halogens is 1. The quantitative estimate of drug-likeness (QED) is 0.870. The summed E-state index contributed by atoms with van der Waals surface area (Å²) in [6.45, 7) is 1.44. The lowest BCUT2D eigenvalue weighted by Gasteiger charge is -2.23. The van der Waals surface area contributed by atoms with Gasteiger partial charge >= 0.3 is 0 Å². The normalized spacial score (nSPS) is 12.5. The number of carbonyl (C=O) groups excluding carboxylic acids is 1. The minimum atomic E-state index is -3.68. The molecule has 1 amide bonds. The summed E-state index contributed by atoms with van der Waals surface area (Å²) < 4.78 is 37.9. The Labute approximate surface area is 141 Å². The highest BCUT2D eigenvalue weighted by atomic mass is 32.2. The summed E-state index contributed by atoms with van der Waals surface area (Å²) in [5.41, 5.74) is 1.15. The van der Waals surface area contributed by atoms with Gasteiger partial charge in [-0.25, -0.2) is 12.8 Å². The molecule has 0 spiro atoms. The summed E-state index contributed by atoms with van der Waals surface area (Å²) in [5, 5.41) is 2.76. The van der Waals surface area contributed by atoms with Crippen LogP contribution < -0.4 is 9.62 Å². The number of carbonyl (C=O) groups is 1. The van der Waals surface area contributed by atoms with E-state index in [0.717, 1.165) is 28.3 Å². The van der Waals surface area contributed by atoms with Crippen LogP contribution in [-0.2, 0) is 14.8 Å². The first kappa shape index (κ1) is 17.9. The molecule has 0 unspecified atom stereocenters. The first-order chi connectivity index (χ1) is 11.3. The number of benzene rings is 2. The number of anilines is 1. The molecule has 1 N–H and O–H groups in total. The van der Waals surface area contributed by atoms with Crippen LogP contribution in [0.15, 0.2) is 54.6 Å². The Morgan fingerprint density at radius 2 is 1.71 bits per heavy atom. The van der Waals surface area contributed by atoms with Crippen LogP contribution in [0.4, 0.5) is 10.1 Å². The third kappa shape index (κ3) is 4.79. The van der Waals surface area contributed by atoms with Crippen molar-refractivity contribution in [3.05, 3.63) is 66.0 Å². The zero-order valence-corrected chi connectivity index (χ0v) is 14.3. The Bertz CT molecular complexity index is 792. The number of sulfonamides is 1. The van der Waals surface area contributed by atoms with Crippen LogP contribution in [0.5, 0.6) is 0 Å². The molecule has 2 aromatic rings.